The van der Waals surface area contributed by atoms with Crippen molar-refractivity contribution in [2.24, 2.45) is 0 Å². The minimum atomic E-state index is -4.70. The summed E-state index contributed by atoms with van der Waals surface area (Å²) in [5.41, 5.74) is -1.12. The highest BCUT2D eigenvalue weighted by Crippen LogP contribution is 2.46. The number of hydrogen-bond donors (Lipinski definition) is 1. The van der Waals surface area contributed by atoms with Crippen LogP contribution in [0.4, 0.5) is 13.2 Å². The summed E-state index contributed by atoms with van der Waals surface area (Å²) in [6, 6.07) is 0. The van der Waals surface area contributed by atoms with Crippen molar-refractivity contribution in [1.82, 2.24) is 4.90 Å². The molecule has 0 aliphatic carbocycles. The Morgan fingerprint density at radius 1 is 1.29 bits per heavy atom. The van der Waals surface area contributed by atoms with Gasteiger partial charge in [0.25, 0.3) is 0 Å². The van der Waals surface area contributed by atoms with Crippen LogP contribution in [0.2, 0.25) is 0 Å². The minimum absolute atomic E-state index is 0.124. The highest BCUT2D eigenvalue weighted by Gasteiger charge is 2.48. The molecule has 0 saturated carbocycles. The van der Waals surface area contributed by atoms with Gasteiger partial charge < -0.3 is 10.0 Å². The quantitative estimate of drug-likeness (QED) is 0.390. The van der Waals surface area contributed by atoms with E-state index in [1.807, 2.05) is 0 Å². The van der Waals surface area contributed by atoms with E-state index in [-0.39, 0.29) is 6.54 Å². The van der Waals surface area contributed by atoms with E-state index >= 15 is 0 Å². The van der Waals surface area contributed by atoms with Gasteiger partial charge in [-0.25, -0.2) is 4.79 Å². The maximum Gasteiger partial charge on any atom is 0.432 e. The zero-order valence-corrected chi connectivity index (χ0v) is 13.3. The van der Waals surface area contributed by atoms with Gasteiger partial charge in [0, 0.05) is 6.54 Å². The van der Waals surface area contributed by atoms with Crippen LogP contribution in [0.1, 0.15) is 45.4 Å². The molecule has 0 spiro atoms. The number of rotatable bonds is 8. The zero-order chi connectivity index (χ0) is 16.0. The summed E-state index contributed by atoms with van der Waals surface area (Å²) in [6.45, 7) is 2.21. The first kappa shape index (κ1) is 18.5. The smallest absolute Gasteiger partial charge is 0.432 e. The number of halogens is 4. The van der Waals surface area contributed by atoms with Gasteiger partial charge in [-0.2, -0.15) is 13.2 Å². The predicted molar refractivity (Wildman–Crippen MR) is 78.0 cm³/mol. The molecule has 8 heteroatoms. The second-order valence-corrected chi connectivity index (χ2v) is 6.61. The van der Waals surface area contributed by atoms with E-state index in [9.17, 15) is 18.0 Å². The number of aliphatic carboxylic acids is 1. The van der Waals surface area contributed by atoms with Crippen molar-refractivity contribution in [3.8, 4) is 0 Å². The molecule has 0 saturated heterocycles. The van der Waals surface area contributed by atoms with Crippen molar-refractivity contribution < 1.29 is 23.1 Å². The van der Waals surface area contributed by atoms with Gasteiger partial charge in [-0.05, 0) is 6.42 Å². The Hall–Kier alpha value is -0.560. The first-order valence-corrected chi connectivity index (χ1v) is 8.22. The van der Waals surface area contributed by atoms with E-state index in [1.165, 1.54) is 0 Å². The molecule has 1 unspecified atom stereocenters. The van der Waals surface area contributed by atoms with Gasteiger partial charge in [-0.3, -0.25) is 0 Å². The summed E-state index contributed by atoms with van der Waals surface area (Å²) >= 11 is 6.40. The number of unbranched alkanes of at least 4 members (excludes halogenated alkanes) is 5. The maximum absolute atomic E-state index is 13.0. The SMILES string of the molecule is CCCCCCCCN1C(C(F)(F)F)=C(C(=O)O)SC1Cl. The molecule has 0 aromatic heterocycles. The lowest BCUT2D eigenvalue weighted by atomic mass is 10.1. The molecule has 1 atom stereocenters. The molecule has 1 N–H and O–H groups in total. The average molecular weight is 346 g/mol. The molecule has 3 nitrogen and oxygen atoms in total. The van der Waals surface area contributed by atoms with Gasteiger partial charge in [-0.15, -0.1) is 0 Å². The molecule has 0 bridgehead atoms. The third-order valence-electron chi connectivity index (χ3n) is 3.18. The number of carboxylic acid groups (broad SMARTS) is 1. The second-order valence-electron chi connectivity index (χ2n) is 4.85. The van der Waals surface area contributed by atoms with Crippen molar-refractivity contribution in [2.75, 3.05) is 6.54 Å². The molecule has 1 rings (SSSR count). The fraction of sp³-hybridized carbons (Fsp3) is 0.769. The summed E-state index contributed by atoms with van der Waals surface area (Å²) < 4.78 is 39.1. The molecule has 1 heterocycles. The Labute approximate surface area is 131 Å². The summed E-state index contributed by atoms with van der Waals surface area (Å²) in [6.07, 6.45) is 0.950. The largest absolute Gasteiger partial charge is 0.477 e. The second kappa shape index (κ2) is 8.17. The Morgan fingerprint density at radius 2 is 1.86 bits per heavy atom. The molecular formula is C13H19ClF3NO2S. The monoisotopic (exact) mass is 345 g/mol. The lowest BCUT2D eigenvalue weighted by molar-refractivity contribution is -0.134. The summed E-state index contributed by atoms with van der Waals surface area (Å²) in [7, 11) is 0. The van der Waals surface area contributed by atoms with Crippen LogP contribution < -0.4 is 0 Å². The van der Waals surface area contributed by atoms with Crippen molar-refractivity contribution >= 4 is 29.3 Å². The molecule has 0 radical (unpaired) electrons. The summed E-state index contributed by atoms with van der Waals surface area (Å²) in [4.78, 5) is 10.2. The molecular weight excluding hydrogens is 327 g/mol. The normalized spacial score (nSPS) is 19.5. The standard InChI is InChI=1S/C13H19ClF3NO2S/c1-2-3-4-5-6-7-8-18-10(13(15,16)17)9(11(19)20)21-12(18)14/h12H,2-8H2,1H3,(H,19,20). The van der Waals surface area contributed by atoms with Crippen LogP contribution in [0.5, 0.6) is 0 Å². The molecule has 21 heavy (non-hydrogen) atoms. The third-order valence-corrected chi connectivity index (χ3v) is 4.73. The topological polar surface area (TPSA) is 40.5 Å². The number of nitrogens with zero attached hydrogens (tertiary/aromatic N) is 1. The highest BCUT2D eigenvalue weighted by atomic mass is 35.5. The fourth-order valence-corrected chi connectivity index (χ4v) is 3.61. The number of thioether (sulfide) groups is 1. The van der Waals surface area contributed by atoms with Gasteiger partial charge in [0.1, 0.15) is 10.6 Å². The Morgan fingerprint density at radius 3 is 2.38 bits per heavy atom. The molecule has 0 aromatic rings. The highest BCUT2D eigenvalue weighted by molar-refractivity contribution is 8.05. The maximum atomic E-state index is 13.0. The van der Waals surface area contributed by atoms with Crippen molar-refractivity contribution in [2.45, 2.75) is 56.5 Å². The fourth-order valence-electron chi connectivity index (χ4n) is 2.17. The van der Waals surface area contributed by atoms with Crippen LogP contribution in [0.3, 0.4) is 0 Å². The minimum Gasteiger partial charge on any atom is -0.477 e. The van der Waals surface area contributed by atoms with E-state index in [1.54, 1.807) is 0 Å². The Balaban J connectivity index is 2.64. The van der Waals surface area contributed by atoms with Gasteiger partial charge >= 0.3 is 12.1 Å². The van der Waals surface area contributed by atoms with E-state index in [0.717, 1.165) is 37.0 Å². The lowest BCUT2D eigenvalue weighted by Crippen LogP contribution is -2.33. The van der Waals surface area contributed by atoms with Crippen LogP contribution in [-0.2, 0) is 4.79 Å². The van der Waals surface area contributed by atoms with Crippen LogP contribution in [-0.4, -0.2) is 33.5 Å². The molecule has 0 amide bonds. The number of carboxylic acids is 1. The average Bonchev–Trinajstić information content (AvgIpc) is 2.71. The van der Waals surface area contributed by atoms with Crippen LogP contribution >= 0.6 is 23.4 Å². The van der Waals surface area contributed by atoms with Crippen molar-refractivity contribution in [3.63, 3.8) is 0 Å². The predicted octanol–water partition coefficient (Wildman–Crippen LogP) is 4.78. The summed E-state index contributed by atoms with van der Waals surface area (Å²) in [5, 5.41) is 8.89. The number of carbonyl (C=O) groups is 1. The van der Waals surface area contributed by atoms with E-state index in [2.05, 4.69) is 6.92 Å². The van der Waals surface area contributed by atoms with E-state index in [4.69, 9.17) is 16.7 Å². The lowest BCUT2D eigenvalue weighted by Gasteiger charge is -2.26. The number of hydrogen-bond acceptors (Lipinski definition) is 3. The number of alkyl halides is 4. The van der Waals surface area contributed by atoms with Crippen LogP contribution in [0, 0.1) is 0 Å². The summed E-state index contributed by atoms with van der Waals surface area (Å²) in [5.74, 6) is -1.58. The molecule has 1 aliphatic heterocycles. The van der Waals surface area contributed by atoms with E-state index in [0.29, 0.717) is 18.2 Å². The molecule has 1 aliphatic rings. The zero-order valence-electron chi connectivity index (χ0n) is 11.7. The van der Waals surface area contributed by atoms with Gasteiger partial charge in [0.2, 0.25) is 0 Å². The first-order valence-electron chi connectivity index (χ1n) is 6.91. The number of allylic oxidation sites excluding steroid dienone is 1. The molecule has 0 aromatic carbocycles. The van der Waals surface area contributed by atoms with Crippen molar-refractivity contribution in [3.05, 3.63) is 10.6 Å². The third kappa shape index (κ3) is 5.29. The van der Waals surface area contributed by atoms with Crippen molar-refractivity contribution in [1.29, 1.82) is 0 Å². The molecule has 122 valence electrons. The first-order chi connectivity index (χ1) is 9.79. The van der Waals surface area contributed by atoms with E-state index < -0.39 is 27.6 Å². The van der Waals surface area contributed by atoms with Crippen LogP contribution in [0.25, 0.3) is 0 Å². The van der Waals surface area contributed by atoms with Gasteiger partial charge in [0.15, 0.2) is 4.83 Å². The Kier molecular flexibility index (Phi) is 7.20. The Bertz CT molecular complexity index is 401. The van der Waals surface area contributed by atoms with Gasteiger partial charge in [0.05, 0.1) is 0 Å². The molecule has 0 fully saturated rings. The van der Waals surface area contributed by atoms with Crippen LogP contribution in [0.15, 0.2) is 10.6 Å². The van der Waals surface area contributed by atoms with Gasteiger partial charge in [-0.1, -0.05) is 62.4 Å².